The number of carboxylic acid groups (broad SMARTS) is 1. The van der Waals surface area contributed by atoms with Crippen LogP contribution in [0.1, 0.15) is 31.6 Å². The fourth-order valence-corrected chi connectivity index (χ4v) is 3.34. The molecule has 1 saturated heterocycles. The summed E-state index contributed by atoms with van der Waals surface area (Å²) in [5.41, 5.74) is -1.30. The SMILES string of the molecule is Cc1nccn1[C@H](C)C(=O)N1CCC(Oc2ccccc2)(C(=O)O)CC1. The van der Waals surface area contributed by atoms with Crippen molar-refractivity contribution in [1.82, 2.24) is 14.5 Å². The number of benzene rings is 1. The first-order chi connectivity index (χ1) is 12.4. The molecule has 1 aliphatic heterocycles. The first kappa shape index (κ1) is 18.0. The maximum atomic E-state index is 12.8. The van der Waals surface area contributed by atoms with E-state index in [4.69, 9.17) is 4.74 Å². The van der Waals surface area contributed by atoms with Gasteiger partial charge in [-0.15, -0.1) is 0 Å². The Labute approximate surface area is 152 Å². The molecular weight excluding hydrogens is 334 g/mol. The van der Waals surface area contributed by atoms with Gasteiger partial charge < -0.3 is 19.3 Å². The number of hydrogen-bond acceptors (Lipinski definition) is 4. The molecule has 2 aromatic rings. The summed E-state index contributed by atoms with van der Waals surface area (Å²) >= 11 is 0. The topological polar surface area (TPSA) is 84.7 Å². The number of piperidine rings is 1. The predicted octanol–water partition coefficient (Wildman–Crippen LogP) is 2.28. The Bertz CT molecular complexity index is 779. The lowest BCUT2D eigenvalue weighted by atomic mass is 9.90. The highest BCUT2D eigenvalue weighted by atomic mass is 16.5. The summed E-state index contributed by atoms with van der Waals surface area (Å²) in [4.78, 5) is 30.5. The van der Waals surface area contributed by atoms with Gasteiger partial charge in [0.15, 0.2) is 0 Å². The number of aryl methyl sites for hydroxylation is 1. The molecule has 1 atom stereocenters. The minimum atomic E-state index is -1.30. The van der Waals surface area contributed by atoms with Crippen LogP contribution < -0.4 is 4.74 Å². The molecule has 138 valence electrons. The molecule has 0 spiro atoms. The van der Waals surface area contributed by atoms with Gasteiger partial charge in [-0.05, 0) is 26.0 Å². The van der Waals surface area contributed by atoms with Crippen LogP contribution in [0.25, 0.3) is 0 Å². The molecule has 1 N–H and O–H groups in total. The molecule has 0 bridgehead atoms. The normalized spacial score (nSPS) is 17.5. The van der Waals surface area contributed by atoms with Gasteiger partial charge in [0.2, 0.25) is 11.5 Å². The van der Waals surface area contributed by atoms with Gasteiger partial charge in [-0.3, -0.25) is 4.79 Å². The molecule has 7 nitrogen and oxygen atoms in total. The summed E-state index contributed by atoms with van der Waals surface area (Å²) in [6, 6.07) is 8.57. The number of imidazole rings is 1. The van der Waals surface area contributed by atoms with Crippen molar-refractivity contribution >= 4 is 11.9 Å². The predicted molar refractivity (Wildman–Crippen MR) is 94.9 cm³/mol. The van der Waals surface area contributed by atoms with Crippen LogP contribution >= 0.6 is 0 Å². The maximum Gasteiger partial charge on any atom is 0.348 e. The van der Waals surface area contributed by atoms with Gasteiger partial charge >= 0.3 is 5.97 Å². The van der Waals surface area contributed by atoms with Gasteiger partial charge in [-0.1, -0.05) is 18.2 Å². The number of aliphatic carboxylic acids is 1. The van der Waals surface area contributed by atoms with Crippen molar-refractivity contribution in [2.24, 2.45) is 0 Å². The van der Waals surface area contributed by atoms with Crippen LogP contribution in [0.5, 0.6) is 5.75 Å². The van der Waals surface area contributed by atoms with Gasteiger partial charge in [0.25, 0.3) is 0 Å². The highest BCUT2D eigenvalue weighted by molar-refractivity contribution is 5.82. The smallest absolute Gasteiger partial charge is 0.348 e. The summed E-state index contributed by atoms with van der Waals surface area (Å²) in [7, 11) is 0. The van der Waals surface area contributed by atoms with Crippen LogP contribution in [-0.4, -0.2) is 50.1 Å². The van der Waals surface area contributed by atoms with E-state index in [1.165, 1.54) is 0 Å². The number of carbonyl (C=O) groups is 2. The van der Waals surface area contributed by atoms with E-state index in [0.29, 0.717) is 18.8 Å². The zero-order valence-corrected chi connectivity index (χ0v) is 15.0. The molecule has 0 radical (unpaired) electrons. The maximum absolute atomic E-state index is 12.8. The largest absolute Gasteiger partial charge is 0.478 e. The van der Waals surface area contributed by atoms with Crippen LogP contribution in [0.3, 0.4) is 0 Å². The molecule has 2 heterocycles. The van der Waals surface area contributed by atoms with Gasteiger partial charge in [-0.2, -0.15) is 0 Å². The van der Waals surface area contributed by atoms with Crippen molar-refractivity contribution in [1.29, 1.82) is 0 Å². The molecule has 1 fully saturated rings. The van der Waals surface area contributed by atoms with E-state index in [1.807, 2.05) is 24.5 Å². The quantitative estimate of drug-likeness (QED) is 0.887. The Hall–Kier alpha value is -2.83. The molecule has 1 aliphatic rings. The lowest BCUT2D eigenvalue weighted by Gasteiger charge is -2.39. The van der Waals surface area contributed by atoms with E-state index in [-0.39, 0.29) is 24.8 Å². The molecule has 0 saturated carbocycles. The summed E-state index contributed by atoms with van der Waals surface area (Å²) in [6.45, 7) is 4.37. The van der Waals surface area contributed by atoms with Gasteiger partial charge in [-0.25, -0.2) is 9.78 Å². The van der Waals surface area contributed by atoms with Crippen LogP contribution in [-0.2, 0) is 9.59 Å². The Morgan fingerprint density at radius 2 is 1.88 bits per heavy atom. The molecule has 1 aromatic carbocycles. The van der Waals surface area contributed by atoms with Gasteiger partial charge in [0.05, 0.1) is 0 Å². The fourth-order valence-electron chi connectivity index (χ4n) is 3.34. The number of carboxylic acids is 1. The van der Waals surface area contributed by atoms with Gasteiger partial charge in [0, 0.05) is 38.3 Å². The number of para-hydroxylation sites is 1. The molecule has 1 aromatic heterocycles. The standard InChI is InChI=1S/C19H23N3O4/c1-14(22-13-10-20-15(22)2)17(23)21-11-8-19(9-12-21,18(24)25)26-16-6-4-3-5-7-16/h3-7,10,13-14H,8-9,11-12H2,1-2H3,(H,24,25)/t14-/m1/s1. The van der Waals surface area contributed by atoms with Crippen LogP contribution in [0.4, 0.5) is 0 Å². The number of carbonyl (C=O) groups excluding carboxylic acids is 1. The van der Waals surface area contributed by atoms with E-state index in [9.17, 15) is 14.7 Å². The Balaban J connectivity index is 1.69. The zero-order chi connectivity index (χ0) is 18.7. The van der Waals surface area contributed by atoms with Crippen LogP contribution in [0.15, 0.2) is 42.7 Å². The van der Waals surface area contributed by atoms with Gasteiger partial charge in [0.1, 0.15) is 17.6 Å². The minimum absolute atomic E-state index is 0.0372. The lowest BCUT2D eigenvalue weighted by molar-refractivity contribution is -0.162. The molecular formula is C19H23N3O4. The average Bonchev–Trinajstić information content (AvgIpc) is 3.08. The third-order valence-corrected chi connectivity index (χ3v) is 4.97. The fraction of sp³-hybridized carbons (Fsp3) is 0.421. The Kier molecular flexibility index (Phi) is 4.97. The van der Waals surface area contributed by atoms with Crippen LogP contribution in [0, 0.1) is 6.92 Å². The highest BCUT2D eigenvalue weighted by Crippen LogP contribution is 2.30. The van der Waals surface area contributed by atoms with Crippen molar-refractivity contribution in [2.75, 3.05) is 13.1 Å². The minimum Gasteiger partial charge on any atom is -0.478 e. The second-order valence-electron chi connectivity index (χ2n) is 6.60. The second kappa shape index (κ2) is 7.19. The number of likely N-dealkylation sites (tertiary alicyclic amines) is 1. The van der Waals surface area contributed by atoms with Crippen molar-refractivity contribution in [3.8, 4) is 5.75 Å². The Morgan fingerprint density at radius 1 is 1.23 bits per heavy atom. The highest BCUT2D eigenvalue weighted by Gasteiger charge is 2.45. The third-order valence-electron chi connectivity index (χ3n) is 4.97. The van der Waals surface area contributed by atoms with Crippen molar-refractivity contribution in [3.63, 3.8) is 0 Å². The van der Waals surface area contributed by atoms with E-state index in [1.54, 1.807) is 41.6 Å². The molecule has 1 amide bonds. The van der Waals surface area contributed by atoms with E-state index in [2.05, 4.69) is 4.98 Å². The van der Waals surface area contributed by atoms with E-state index >= 15 is 0 Å². The summed E-state index contributed by atoms with van der Waals surface area (Å²) in [6.07, 6.45) is 3.94. The van der Waals surface area contributed by atoms with E-state index in [0.717, 1.165) is 5.82 Å². The Morgan fingerprint density at radius 3 is 2.42 bits per heavy atom. The van der Waals surface area contributed by atoms with Crippen molar-refractivity contribution in [2.45, 2.75) is 38.3 Å². The number of aromatic nitrogens is 2. The summed E-state index contributed by atoms with van der Waals surface area (Å²) < 4.78 is 7.65. The summed E-state index contributed by atoms with van der Waals surface area (Å²) in [5, 5.41) is 9.73. The second-order valence-corrected chi connectivity index (χ2v) is 6.60. The molecule has 3 rings (SSSR count). The molecule has 26 heavy (non-hydrogen) atoms. The first-order valence-corrected chi connectivity index (χ1v) is 8.69. The monoisotopic (exact) mass is 357 g/mol. The molecule has 0 unspecified atom stereocenters. The number of rotatable bonds is 5. The van der Waals surface area contributed by atoms with Crippen molar-refractivity contribution in [3.05, 3.63) is 48.5 Å². The van der Waals surface area contributed by atoms with Crippen LogP contribution in [0.2, 0.25) is 0 Å². The number of nitrogens with zero attached hydrogens (tertiary/aromatic N) is 3. The first-order valence-electron chi connectivity index (χ1n) is 8.69. The van der Waals surface area contributed by atoms with E-state index < -0.39 is 11.6 Å². The van der Waals surface area contributed by atoms with Crippen molar-refractivity contribution < 1.29 is 19.4 Å². The number of ether oxygens (including phenoxy) is 1. The molecule has 0 aliphatic carbocycles. The number of hydrogen-bond donors (Lipinski definition) is 1. The third kappa shape index (κ3) is 3.42. The zero-order valence-electron chi connectivity index (χ0n) is 15.0. The number of amides is 1. The lowest BCUT2D eigenvalue weighted by Crippen LogP contribution is -2.55. The summed E-state index contributed by atoms with van der Waals surface area (Å²) in [5.74, 6) is 0.268. The average molecular weight is 357 g/mol. The molecule has 7 heteroatoms.